The Balaban J connectivity index is 1.36. The fourth-order valence-corrected chi connectivity index (χ4v) is 6.29. The van der Waals surface area contributed by atoms with Crippen molar-refractivity contribution in [2.75, 3.05) is 26.7 Å². The summed E-state index contributed by atoms with van der Waals surface area (Å²) in [5.74, 6) is -0.180. The molecule has 3 amide bonds. The van der Waals surface area contributed by atoms with E-state index in [1.54, 1.807) is 43.3 Å². The Bertz CT molecular complexity index is 1210. The van der Waals surface area contributed by atoms with Gasteiger partial charge in [0.2, 0.25) is 5.91 Å². The first-order chi connectivity index (χ1) is 20.1. The zero-order valence-electron chi connectivity index (χ0n) is 24.7. The molecular formula is C32H45N4O6+. The van der Waals surface area contributed by atoms with Crippen molar-refractivity contribution in [3.05, 3.63) is 59.7 Å². The highest BCUT2D eigenvalue weighted by Gasteiger charge is 2.34. The van der Waals surface area contributed by atoms with E-state index in [4.69, 9.17) is 4.74 Å². The normalized spacial score (nSPS) is 24.7. The van der Waals surface area contributed by atoms with Crippen LogP contribution in [-0.2, 0) is 27.3 Å². The number of amides is 3. The predicted molar refractivity (Wildman–Crippen MR) is 159 cm³/mol. The quantitative estimate of drug-likeness (QED) is 0.216. The lowest BCUT2D eigenvalue weighted by atomic mass is 9.86. The average Bonchev–Trinajstić information content (AvgIpc) is 2.94. The lowest BCUT2D eigenvalue weighted by Crippen LogP contribution is -2.60. The fraction of sp³-hybridized carbons (Fsp3) is 0.531. The van der Waals surface area contributed by atoms with Gasteiger partial charge in [0.25, 0.3) is 0 Å². The predicted octanol–water partition coefficient (Wildman–Crippen LogP) is 3.36. The van der Waals surface area contributed by atoms with Crippen LogP contribution in [0.4, 0.5) is 4.79 Å². The minimum Gasteiger partial charge on any atom is -0.508 e. The summed E-state index contributed by atoms with van der Waals surface area (Å²) in [6.07, 6.45) is 4.72. The number of aromatic hydroxyl groups is 2. The molecule has 1 unspecified atom stereocenters. The number of nitrogens with one attached hydrogen (secondary N) is 3. The Hall–Kier alpha value is -3.79. The minimum atomic E-state index is -0.808. The lowest BCUT2D eigenvalue weighted by Gasteiger charge is -2.42. The Morgan fingerprint density at radius 2 is 1.67 bits per heavy atom. The summed E-state index contributed by atoms with van der Waals surface area (Å²) in [5.41, 5.74) is 1.86. The Kier molecular flexibility index (Phi) is 10.7. The lowest BCUT2D eigenvalue weighted by molar-refractivity contribution is -0.927. The van der Waals surface area contributed by atoms with Crippen molar-refractivity contribution in [1.82, 2.24) is 16.0 Å². The van der Waals surface area contributed by atoms with E-state index in [0.29, 0.717) is 32.3 Å². The molecule has 3 atom stereocenters. The number of quaternary nitrogens is 1. The second-order valence-electron chi connectivity index (χ2n) is 12.0. The van der Waals surface area contributed by atoms with E-state index in [-0.39, 0.29) is 47.8 Å². The number of benzene rings is 2. The number of esters is 1. The molecule has 1 saturated carbocycles. The van der Waals surface area contributed by atoms with E-state index >= 15 is 0 Å². The average molecular weight is 582 g/mol. The third-order valence-electron chi connectivity index (χ3n) is 8.41. The van der Waals surface area contributed by atoms with Crippen molar-refractivity contribution in [1.29, 1.82) is 0 Å². The number of carbonyl (C=O) groups is 3. The van der Waals surface area contributed by atoms with Crippen LogP contribution in [0.2, 0.25) is 0 Å². The van der Waals surface area contributed by atoms with Gasteiger partial charge in [-0.25, -0.2) is 4.79 Å². The number of ether oxygens (including phenoxy) is 1. The van der Waals surface area contributed by atoms with Gasteiger partial charge in [-0.2, -0.15) is 0 Å². The maximum absolute atomic E-state index is 13.6. The molecule has 0 aromatic heterocycles. The molecule has 10 nitrogen and oxygen atoms in total. The highest BCUT2D eigenvalue weighted by molar-refractivity contribution is 5.87. The summed E-state index contributed by atoms with van der Waals surface area (Å²) in [7, 11) is 2.17. The summed E-state index contributed by atoms with van der Waals surface area (Å²) in [4.78, 5) is 38.7. The van der Waals surface area contributed by atoms with Crippen molar-refractivity contribution >= 4 is 17.9 Å². The molecule has 0 bridgehead atoms. The van der Waals surface area contributed by atoms with Gasteiger partial charge < -0.3 is 35.4 Å². The minimum absolute atomic E-state index is 0.0566. The number of nitrogens with zero attached hydrogens (tertiary/aromatic N) is 1. The molecule has 1 aliphatic heterocycles. The number of likely N-dealkylation sites (N-methyl/N-ethyl adjacent to an activating group) is 1. The van der Waals surface area contributed by atoms with Crippen LogP contribution in [0.15, 0.2) is 48.5 Å². The zero-order chi connectivity index (χ0) is 30.1. The van der Waals surface area contributed by atoms with Crippen LogP contribution in [-0.4, -0.2) is 77.5 Å². The van der Waals surface area contributed by atoms with E-state index in [2.05, 4.69) is 23.0 Å². The highest BCUT2D eigenvalue weighted by Crippen LogP contribution is 2.26. The van der Waals surface area contributed by atoms with Crippen LogP contribution in [0.3, 0.4) is 0 Å². The summed E-state index contributed by atoms with van der Waals surface area (Å²) >= 11 is 0. The second kappa shape index (κ2) is 14.4. The molecule has 1 saturated heterocycles. The molecule has 2 aromatic rings. The van der Waals surface area contributed by atoms with Gasteiger partial charge in [0.15, 0.2) is 0 Å². The summed E-state index contributed by atoms with van der Waals surface area (Å²) in [5, 5.41) is 28.7. The van der Waals surface area contributed by atoms with E-state index in [0.717, 1.165) is 48.1 Å². The van der Waals surface area contributed by atoms with E-state index < -0.39 is 12.1 Å². The first-order valence-electron chi connectivity index (χ1n) is 15.1. The molecule has 0 spiro atoms. The molecule has 4 rings (SSSR count). The van der Waals surface area contributed by atoms with E-state index in [1.165, 1.54) is 0 Å². The number of hydrogen-bond donors (Lipinski definition) is 5. The van der Waals surface area contributed by atoms with Crippen molar-refractivity contribution < 1.29 is 33.8 Å². The topological polar surface area (TPSA) is 137 Å². The molecule has 2 aliphatic rings. The van der Waals surface area contributed by atoms with Gasteiger partial charge >= 0.3 is 12.0 Å². The highest BCUT2D eigenvalue weighted by atomic mass is 16.5. The number of urea groups is 1. The van der Waals surface area contributed by atoms with Gasteiger partial charge in [-0.05, 0) is 75.3 Å². The van der Waals surface area contributed by atoms with Crippen LogP contribution >= 0.6 is 0 Å². The second-order valence-corrected chi connectivity index (χ2v) is 12.0. The Morgan fingerprint density at radius 1 is 0.929 bits per heavy atom. The molecule has 1 aliphatic carbocycles. The Morgan fingerprint density at radius 3 is 2.36 bits per heavy atom. The van der Waals surface area contributed by atoms with Gasteiger partial charge in [-0.1, -0.05) is 24.3 Å². The first kappa shape index (κ1) is 31.2. The van der Waals surface area contributed by atoms with Crippen molar-refractivity contribution in [3.63, 3.8) is 0 Å². The fourth-order valence-electron chi connectivity index (χ4n) is 6.29. The summed E-state index contributed by atoms with van der Waals surface area (Å²) in [6.45, 7) is 4.61. The number of likely N-dealkylation sites (tertiary alicyclic amines) is 1. The van der Waals surface area contributed by atoms with Gasteiger partial charge in [0.05, 0.1) is 38.7 Å². The van der Waals surface area contributed by atoms with Gasteiger partial charge in [0, 0.05) is 18.0 Å². The third kappa shape index (κ3) is 9.11. The zero-order valence-corrected chi connectivity index (χ0v) is 24.7. The molecule has 1 heterocycles. The standard InChI is InChI=1S/C32H44N4O6/c1-3-42-31(40)24-11-13-25(14-12-24)34-32(41)35-29(19-22-9-15-27(37)16-10-22)30(39)33-26-7-5-17-36(2,21-26)20-23-6-4-8-28(38)18-23/h4,6,8-10,15-16,18,24-26,29H,3,5,7,11-14,17,19-21H2,1-2H3,(H4-,33,34,35,37,38,39,41)/p+1/t24?,25?,26-,29-,36?/m0/s1. The first-order valence-corrected chi connectivity index (χ1v) is 15.1. The summed E-state index contributed by atoms with van der Waals surface area (Å²) in [6, 6.07) is 12.6. The van der Waals surface area contributed by atoms with Crippen LogP contribution in [0, 0.1) is 5.92 Å². The van der Waals surface area contributed by atoms with Crippen LogP contribution in [0.1, 0.15) is 56.6 Å². The molecule has 2 fully saturated rings. The molecule has 2 aromatic carbocycles. The van der Waals surface area contributed by atoms with Crippen molar-refractivity contribution in [2.24, 2.45) is 5.92 Å². The smallest absolute Gasteiger partial charge is 0.315 e. The van der Waals surface area contributed by atoms with Gasteiger partial charge in [0.1, 0.15) is 24.1 Å². The van der Waals surface area contributed by atoms with E-state index in [1.807, 2.05) is 12.1 Å². The number of piperidine rings is 1. The molecule has 5 N–H and O–H groups in total. The molecule has 0 radical (unpaired) electrons. The maximum Gasteiger partial charge on any atom is 0.315 e. The molecule has 42 heavy (non-hydrogen) atoms. The Labute approximate surface area is 248 Å². The largest absolute Gasteiger partial charge is 0.508 e. The van der Waals surface area contributed by atoms with Crippen LogP contribution in [0.25, 0.3) is 0 Å². The number of carbonyl (C=O) groups excluding carboxylic acids is 3. The number of phenols is 2. The number of phenolic OH excluding ortho intramolecular Hbond substituents is 2. The third-order valence-corrected chi connectivity index (χ3v) is 8.41. The van der Waals surface area contributed by atoms with Crippen LogP contribution in [0.5, 0.6) is 11.5 Å². The van der Waals surface area contributed by atoms with E-state index in [9.17, 15) is 24.6 Å². The number of rotatable bonds is 10. The van der Waals surface area contributed by atoms with Crippen LogP contribution < -0.4 is 16.0 Å². The number of hydrogen-bond acceptors (Lipinski definition) is 6. The van der Waals surface area contributed by atoms with Crippen molar-refractivity contribution in [2.45, 2.75) is 76.5 Å². The SMILES string of the molecule is CCOC(=O)C1CCC(NC(=O)N[C@@H](Cc2ccc(O)cc2)C(=O)N[C@H]2CCC[N+](C)(Cc3cccc(O)c3)C2)CC1. The van der Waals surface area contributed by atoms with Crippen molar-refractivity contribution in [3.8, 4) is 11.5 Å². The molecule has 228 valence electrons. The summed E-state index contributed by atoms with van der Waals surface area (Å²) < 4.78 is 5.88. The molecule has 10 heteroatoms. The monoisotopic (exact) mass is 581 g/mol. The molecular weight excluding hydrogens is 536 g/mol. The maximum atomic E-state index is 13.6. The van der Waals surface area contributed by atoms with Gasteiger partial charge in [-0.15, -0.1) is 0 Å². The van der Waals surface area contributed by atoms with Gasteiger partial charge in [-0.3, -0.25) is 9.59 Å².